The van der Waals surface area contributed by atoms with E-state index >= 15 is 0 Å². The molecule has 1 rings (SSSR count). The topological polar surface area (TPSA) is 68.8 Å². The molecule has 1 aromatic heterocycles. The molecule has 0 bridgehead atoms. The van der Waals surface area contributed by atoms with Crippen molar-refractivity contribution in [3.63, 3.8) is 0 Å². The van der Waals surface area contributed by atoms with E-state index in [1.807, 2.05) is 6.92 Å². The number of hydrazine groups is 1. The molecule has 0 aromatic carbocycles. The van der Waals surface area contributed by atoms with Crippen molar-refractivity contribution >= 4 is 0 Å². The van der Waals surface area contributed by atoms with E-state index in [0.29, 0.717) is 0 Å². The van der Waals surface area contributed by atoms with E-state index in [1.165, 1.54) is 4.80 Å². The molecule has 5 heteroatoms. The highest BCUT2D eigenvalue weighted by molar-refractivity contribution is 4.98. The van der Waals surface area contributed by atoms with E-state index in [9.17, 15) is 0 Å². The maximum Gasteiger partial charge on any atom is 0.101 e. The second-order valence-electron chi connectivity index (χ2n) is 2.39. The third-order valence-corrected chi connectivity index (χ3v) is 1.58. The lowest BCUT2D eigenvalue weighted by Gasteiger charge is -2.08. The first-order chi connectivity index (χ1) is 5.27. The van der Waals surface area contributed by atoms with Gasteiger partial charge in [-0.05, 0) is 6.42 Å². The van der Waals surface area contributed by atoms with Gasteiger partial charge < -0.3 is 0 Å². The largest absolute Gasteiger partial charge is 0.271 e. The minimum absolute atomic E-state index is 0.115. The molecular weight excluding hydrogens is 142 g/mol. The van der Waals surface area contributed by atoms with Gasteiger partial charge in [0.25, 0.3) is 0 Å². The quantitative estimate of drug-likeness (QED) is 0.465. The summed E-state index contributed by atoms with van der Waals surface area (Å²) in [4.78, 5) is 1.52. The van der Waals surface area contributed by atoms with Gasteiger partial charge in [-0.2, -0.15) is 15.0 Å². The summed E-state index contributed by atoms with van der Waals surface area (Å²) in [5.74, 6) is 5.30. The second-order valence-corrected chi connectivity index (χ2v) is 2.39. The van der Waals surface area contributed by atoms with Crippen LogP contribution in [-0.2, 0) is 7.05 Å². The lowest BCUT2D eigenvalue weighted by atomic mass is 10.2. The highest BCUT2D eigenvalue weighted by Crippen LogP contribution is 2.09. The number of aromatic nitrogens is 3. The molecule has 0 saturated carbocycles. The van der Waals surface area contributed by atoms with Gasteiger partial charge in [-0.15, -0.1) is 0 Å². The molecule has 0 saturated heterocycles. The van der Waals surface area contributed by atoms with E-state index in [4.69, 9.17) is 5.84 Å². The van der Waals surface area contributed by atoms with Crippen LogP contribution in [0, 0.1) is 0 Å². The molecule has 1 atom stereocenters. The summed E-state index contributed by atoms with van der Waals surface area (Å²) in [6, 6.07) is 0.115. The zero-order valence-corrected chi connectivity index (χ0v) is 6.78. The molecule has 0 spiro atoms. The van der Waals surface area contributed by atoms with Gasteiger partial charge in [0.2, 0.25) is 0 Å². The van der Waals surface area contributed by atoms with Crippen LogP contribution >= 0.6 is 0 Å². The summed E-state index contributed by atoms with van der Waals surface area (Å²) < 4.78 is 0. The molecule has 0 radical (unpaired) electrons. The summed E-state index contributed by atoms with van der Waals surface area (Å²) in [5, 5.41) is 8.06. The highest BCUT2D eigenvalue weighted by atomic mass is 15.5. The van der Waals surface area contributed by atoms with Crippen molar-refractivity contribution in [2.24, 2.45) is 12.9 Å². The fourth-order valence-electron chi connectivity index (χ4n) is 0.933. The van der Waals surface area contributed by atoms with Gasteiger partial charge in [0.15, 0.2) is 0 Å². The predicted octanol–water partition coefficient (Wildman–Crippen LogP) is -0.271. The Morgan fingerprint density at radius 1 is 1.82 bits per heavy atom. The van der Waals surface area contributed by atoms with Crippen LogP contribution < -0.4 is 11.3 Å². The highest BCUT2D eigenvalue weighted by Gasteiger charge is 2.09. The van der Waals surface area contributed by atoms with Crippen molar-refractivity contribution in [1.29, 1.82) is 0 Å². The first-order valence-electron chi connectivity index (χ1n) is 3.60. The summed E-state index contributed by atoms with van der Waals surface area (Å²) in [6.45, 7) is 2.04. The fraction of sp³-hybridized carbons (Fsp3) is 0.667. The molecule has 1 aromatic rings. The van der Waals surface area contributed by atoms with Gasteiger partial charge in [-0.25, -0.2) is 0 Å². The van der Waals surface area contributed by atoms with Crippen molar-refractivity contribution in [2.75, 3.05) is 0 Å². The monoisotopic (exact) mass is 155 g/mol. The molecule has 0 amide bonds. The molecule has 1 unspecified atom stereocenters. The van der Waals surface area contributed by atoms with Crippen molar-refractivity contribution < 1.29 is 0 Å². The van der Waals surface area contributed by atoms with E-state index in [-0.39, 0.29) is 6.04 Å². The average molecular weight is 155 g/mol. The molecular formula is C6H13N5. The summed E-state index contributed by atoms with van der Waals surface area (Å²) in [7, 11) is 1.78. The molecule has 5 nitrogen and oxygen atoms in total. The minimum Gasteiger partial charge on any atom is -0.271 e. The average Bonchev–Trinajstić information content (AvgIpc) is 2.39. The Morgan fingerprint density at radius 2 is 2.55 bits per heavy atom. The molecule has 1 heterocycles. The second kappa shape index (κ2) is 3.45. The maximum absolute atomic E-state index is 5.30. The van der Waals surface area contributed by atoms with Crippen molar-refractivity contribution in [1.82, 2.24) is 20.4 Å². The van der Waals surface area contributed by atoms with Crippen LogP contribution in [0.2, 0.25) is 0 Å². The van der Waals surface area contributed by atoms with Gasteiger partial charge in [0, 0.05) is 7.05 Å². The molecule has 11 heavy (non-hydrogen) atoms. The Labute approximate surface area is 65.5 Å². The Morgan fingerprint density at radius 3 is 2.91 bits per heavy atom. The normalized spacial score (nSPS) is 13.4. The number of rotatable bonds is 3. The molecule has 3 N–H and O–H groups in total. The Bertz CT molecular complexity index is 215. The van der Waals surface area contributed by atoms with Crippen LogP contribution in [0.25, 0.3) is 0 Å². The van der Waals surface area contributed by atoms with Gasteiger partial charge >= 0.3 is 0 Å². The van der Waals surface area contributed by atoms with Gasteiger partial charge in [-0.3, -0.25) is 11.3 Å². The number of hydrogen-bond donors (Lipinski definition) is 2. The van der Waals surface area contributed by atoms with Crippen LogP contribution in [0.15, 0.2) is 6.20 Å². The number of nitrogens with zero attached hydrogens (tertiary/aromatic N) is 3. The standard InChI is InChI=1S/C6H13N5/c1-3-5(9-7)6-4-8-11(2)10-6/h4-5,9H,3,7H2,1-2H3. The van der Waals surface area contributed by atoms with Gasteiger partial charge in [0.1, 0.15) is 5.69 Å². The van der Waals surface area contributed by atoms with Crippen molar-refractivity contribution in [3.8, 4) is 0 Å². The van der Waals surface area contributed by atoms with Crippen LogP contribution in [0.5, 0.6) is 0 Å². The fourth-order valence-corrected chi connectivity index (χ4v) is 0.933. The zero-order valence-electron chi connectivity index (χ0n) is 6.78. The molecule has 0 aliphatic carbocycles. The number of nitrogens with one attached hydrogen (secondary N) is 1. The summed E-state index contributed by atoms with van der Waals surface area (Å²) in [5.41, 5.74) is 3.55. The SMILES string of the molecule is CCC(NN)c1cnn(C)n1. The van der Waals surface area contributed by atoms with Crippen LogP contribution in [0.3, 0.4) is 0 Å². The van der Waals surface area contributed by atoms with E-state index < -0.39 is 0 Å². The first kappa shape index (κ1) is 8.16. The van der Waals surface area contributed by atoms with Crippen molar-refractivity contribution in [2.45, 2.75) is 19.4 Å². The van der Waals surface area contributed by atoms with Gasteiger partial charge in [-0.1, -0.05) is 6.92 Å². The zero-order chi connectivity index (χ0) is 8.27. The Balaban J connectivity index is 2.73. The van der Waals surface area contributed by atoms with E-state index in [0.717, 1.165) is 12.1 Å². The molecule has 0 aliphatic rings. The lowest BCUT2D eigenvalue weighted by Crippen LogP contribution is -2.27. The first-order valence-corrected chi connectivity index (χ1v) is 3.60. The molecule has 62 valence electrons. The third kappa shape index (κ3) is 1.75. The molecule has 0 fully saturated rings. The maximum atomic E-state index is 5.30. The number of hydrogen-bond acceptors (Lipinski definition) is 4. The van der Waals surface area contributed by atoms with E-state index in [1.54, 1.807) is 13.2 Å². The lowest BCUT2D eigenvalue weighted by molar-refractivity contribution is 0.515. The van der Waals surface area contributed by atoms with Gasteiger partial charge in [0.05, 0.1) is 12.2 Å². The molecule has 0 aliphatic heterocycles. The third-order valence-electron chi connectivity index (χ3n) is 1.58. The summed E-state index contributed by atoms with van der Waals surface area (Å²) >= 11 is 0. The smallest absolute Gasteiger partial charge is 0.101 e. The minimum atomic E-state index is 0.115. The Hall–Kier alpha value is -0.940. The van der Waals surface area contributed by atoms with Crippen LogP contribution in [0.1, 0.15) is 25.1 Å². The van der Waals surface area contributed by atoms with Crippen molar-refractivity contribution in [3.05, 3.63) is 11.9 Å². The Kier molecular flexibility index (Phi) is 2.56. The summed E-state index contributed by atoms with van der Waals surface area (Å²) in [6.07, 6.45) is 2.63. The van der Waals surface area contributed by atoms with Crippen LogP contribution in [-0.4, -0.2) is 15.0 Å². The number of nitrogens with two attached hydrogens (primary N) is 1. The predicted molar refractivity (Wildman–Crippen MR) is 41.4 cm³/mol. The van der Waals surface area contributed by atoms with E-state index in [2.05, 4.69) is 15.6 Å². The van der Waals surface area contributed by atoms with Crippen LogP contribution in [0.4, 0.5) is 0 Å². The number of aryl methyl sites for hydroxylation is 1.